The van der Waals surface area contributed by atoms with Gasteiger partial charge in [-0.3, -0.25) is 4.79 Å². The van der Waals surface area contributed by atoms with Crippen molar-refractivity contribution in [3.8, 4) is 0 Å². The fraction of sp³-hybridized carbons (Fsp3) is 0.500. The first-order valence-electron chi connectivity index (χ1n) is 6.38. The molecule has 98 valence electrons. The van der Waals surface area contributed by atoms with Crippen molar-refractivity contribution in [2.75, 3.05) is 24.6 Å². The van der Waals surface area contributed by atoms with Crippen LogP contribution in [0.4, 0.5) is 0 Å². The van der Waals surface area contributed by atoms with Crippen molar-refractivity contribution < 1.29 is 4.79 Å². The van der Waals surface area contributed by atoms with E-state index >= 15 is 0 Å². The molecule has 1 amide bonds. The van der Waals surface area contributed by atoms with Crippen LogP contribution in [0, 0.1) is 5.92 Å². The van der Waals surface area contributed by atoms with Gasteiger partial charge in [-0.05, 0) is 37.2 Å². The summed E-state index contributed by atoms with van der Waals surface area (Å²) < 4.78 is 0. The Labute approximate surface area is 113 Å². The number of nitrogens with one attached hydrogen (secondary N) is 2. The van der Waals surface area contributed by atoms with Crippen molar-refractivity contribution in [2.45, 2.75) is 13.0 Å². The number of amides is 1. The second kappa shape index (κ2) is 6.81. The molecule has 1 heterocycles. The fourth-order valence-electron chi connectivity index (χ4n) is 1.89. The molecule has 0 bridgehead atoms. The van der Waals surface area contributed by atoms with E-state index in [0.717, 1.165) is 30.3 Å². The Morgan fingerprint density at radius 2 is 2.17 bits per heavy atom. The predicted molar refractivity (Wildman–Crippen MR) is 76.7 cm³/mol. The summed E-state index contributed by atoms with van der Waals surface area (Å²) in [6, 6.07) is 10.1. The summed E-state index contributed by atoms with van der Waals surface area (Å²) in [4.78, 5) is 11.8. The smallest absolute Gasteiger partial charge is 0.230 e. The molecule has 1 unspecified atom stereocenters. The van der Waals surface area contributed by atoms with E-state index in [2.05, 4.69) is 10.6 Å². The van der Waals surface area contributed by atoms with Crippen molar-refractivity contribution >= 4 is 17.7 Å². The Balaban J connectivity index is 1.66. The number of rotatable bonds is 6. The lowest BCUT2D eigenvalue weighted by Crippen LogP contribution is -2.43. The topological polar surface area (TPSA) is 41.1 Å². The molecular formula is C14H20N2OS. The maximum atomic E-state index is 11.8. The Morgan fingerprint density at radius 1 is 1.44 bits per heavy atom. The normalized spacial score (nSPS) is 16.9. The molecule has 4 heteroatoms. The Kier molecular flexibility index (Phi) is 5.08. The quantitative estimate of drug-likeness (QED) is 0.823. The van der Waals surface area contributed by atoms with Gasteiger partial charge in [0.1, 0.15) is 0 Å². The first-order chi connectivity index (χ1) is 8.75. The lowest BCUT2D eigenvalue weighted by atomic mass is 10.1. The third kappa shape index (κ3) is 4.03. The highest BCUT2D eigenvalue weighted by Gasteiger charge is 2.17. The summed E-state index contributed by atoms with van der Waals surface area (Å²) in [5.41, 5.74) is 1.15. The first-order valence-corrected chi connectivity index (χ1v) is 7.54. The summed E-state index contributed by atoms with van der Waals surface area (Å²) in [5, 5.41) is 6.27. The van der Waals surface area contributed by atoms with Gasteiger partial charge in [0.25, 0.3) is 0 Å². The van der Waals surface area contributed by atoms with E-state index in [1.165, 1.54) is 0 Å². The standard InChI is InChI=1S/C14H20N2OS/c1-11(13-5-3-2-4-6-13)16-14(17)10-18-9-12-7-15-8-12/h2-6,11-12,15H,7-10H2,1H3,(H,16,17). The zero-order valence-corrected chi connectivity index (χ0v) is 11.5. The second-order valence-electron chi connectivity index (χ2n) is 4.74. The molecule has 18 heavy (non-hydrogen) atoms. The summed E-state index contributed by atoms with van der Waals surface area (Å²) in [5.74, 6) is 2.53. The number of benzene rings is 1. The minimum atomic E-state index is 0.0877. The minimum Gasteiger partial charge on any atom is -0.349 e. The molecule has 0 aliphatic carbocycles. The van der Waals surface area contributed by atoms with Gasteiger partial charge in [-0.1, -0.05) is 30.3 Å². The van der Waals surface area contributed by atoms with E-state index in [4.69, 9.17) is 0 Å². The number of thioether (sulfide) groups is 1. The van der Waals surface area contributed by atoms with Crippen LogP contribution in [0.2, 0.25) is 0 Å². The van der Waals surface area contributed by atoms with Crippen LogP contribution < -0.4 is 10.6 Å². The zero-order chi connectivity index (χ0) is 12.8. The average molecular weight is 264 g/mol. The van der Waals surface area contributed by atoms with Gasteiger partial charge >= 0.3 is 0 Å². The van der Waals surface area contributed by atoms with Crippen LogP contribution in [-0.2, 0) is 4.79 Å². The van der Waals surface area contributed by atoms with Gasteiger partial charge < -0.3 is 10.6 Å². The Morgan fingerprint density at radius 3 is 2.78 bits per heavy atom. The molecule has 0 saturated carbocycles. The van der Waals surface area contributed by atoms with Crippen molar-refractivity contribution in [3.05, 3.63) is 35.9 Å². The molecule has 1 aliphatic heterocycles. The van der Waals surface area contributed by atoms with Crippen molar-refractivity contribution in [1.29, 1.82) is 0 Å². The maximum absolute atomic E-state index is 11.8. The zero-order valence-electron chi connectivity index (χ0n) is 10.7. The van der Waals surface area contributed by atoms with E-state index in [9.17, 15) is 4.79 Å². The van der Waals surface area contributed by atoms with Crippen LogP contribution in [0.15, 0.2) is 30.3 Å². The summed E-state index contributed by atoms with van der Waals surface area (Å²) in [7, 11) is 0. The molecule has 0 aromatic heterocycles. The molecule has 1 aromatic rings. The monoisotopic (exact) mass is 264 g/mol. The van der Waals surface area contributed by atoms with Gasteiger partial charge in [0.15, 0.2) is 0 Å². The largest absolute Gasteiger partial charge is 0.349 e. The lowest BCUT2D eigenvalue weighted by molar-refractivity contribution is -0.119. The summed E-state index contributed by atoms with van der Waals surface area (Å²) in [6.07, 6.45) is 0. The molecule has 1 aliphatic rings. The molecule has 0 spiro atoms. The number of carbonyl (C=O) groups is 1. The Bertz CT molecular complexity index is 379. The first kappa shape index (κ1) is 13.4. The van der Waals surface area contributed by atoms with Crippen LogP contribution >= 0.6 is 11.8 Å². The average Bonchev–Trinajstić information content (AvgIpc) is 2.33. The third-order valence-corrected chi connectivity index (χ3v) is 4.30. The van der Waals surface area contributed by atoms with E-state index in [1.807, 2.05) is 37.3 Å². The molecule has 1 atom stereocenters. The highest BCUT2D eigenvalue weighted by molar-refractivity contribution is 7.99. The van der Waals surface area contributed by atoms with Crippen LogP contribution in [0.25, 0.3) is 0 Å². The van der Waals surface area contributed by atoms with Crippen molar-refractivity contribution in [3.63, 3.8) is 0 Å². The highest BCUT2D eigenvalue weighted by Crippen LogP contribution is 2.14. The van der Waals surface area contributed by atoms with Gasteiger partial charge in [-0.2, -0.15) is 11.8 Å². The lowest BCUT2D eigenvalue weighted by Gasteiger charge is -2.26. The molecule has 3 nitrogen and oxygen atoms in total. The molecule has 2 rings (SSSR count). The van der Waals surface area contributed by atoms with Gasteiger partial charge in [-0.15, -0.1) is 0 Å². The summed E-state index contributed by atoms with van der Waals surface area (Å²) in [6.45, 7) is 4.23. The van der Waals surface area contributed by atoms with E-state index in [0.29, 0.717) is 5.75 Å². The van der Waals surface area contributed by atoms with E-state index in [1.54, 1.807) is 11.8 Å². The van der Waals surface area contributed by atoms with Crippen LogP contribution in [0.3, 0.4) is 0 Å². The minimum absolute atomic E-state index is 0.0877. The van der Waals surface area contributed by atoms with Gasteiger partial charge in [0, 0.05) is 0 Å². The van der Waals surface area contributed by atoms with Crippen LogP contribution in [0.5, 0.6) is 0 Å². The Hall–Kier alpha value is -1.00. The molecule has 1 aromatic carbocycles. The van der Waals surface area contributed by atoms with Gasteiger partial charge in [0.2, 0.25) is 5.91 Å². The molecule has 2 N–H and O–H groups in total. The van der Waals surface area contributed by atoms with Crippen molar-refractivity contribution in [2.24, 2.45) is 5.92 Å². The van der Waals surface area contributed by atoms with Crippen molar-refractivity contribution in [1.82, 2.24) is 10.6 Å². The number of carbonyl (C=O) groups excluding carboxylic acids is 1. The molecule has 1 fully saturated rings. The van der Waals surface area contributed by atoms with Gasteiger partial charge in [-0.25, -0.2) is 0 Å². The number of hydrogen-bond donors (Lipinski definition) is 2. The fourth-order valence-corrected chi connectivity index (χ4v) is 2.85. The molecule has 0 radical (unpaired) electrons. The SMILES string of the molecule is CC(NC(=O)CSCC1CNC1)c1ccccc1. The second-order valence-corrected chi connectivity index (χ2v) is 5.77. The van der Waals surface area contributed by atoms with Crippen LogP contribution in [-0.4, -0.2) is 30.5 Å². The maximum Gasteiger partial charge on any atom is 0.230 e. The third-order valence-electron chi connectivity index (χ3n) is 3.13. The van der Waals surface area contributed by atoms with E-state index < -0.39 is 0 Å². The molecular weight excluding hydrogens is 244 g/mol. The van der Waals surface area contributed by atoms with Crippen LogP contribution in [0.1, 0.15) is 18.5 Å². The molecule has 1 saturated heterocycles. The predicted octanol–water partition coefficient (Wildman–Crippen LogP) is 1.82. The highest BCUT2D eigenvalue weighted by atomic mass is 32.2. The van der Waals surface area contributed by atoms with Gasteiger partial charge in [0.05, 0.1) is 11.8 Å². The number of hydrogen-bond acceptors (Lipinski definition) is 3. The summed E-state index contributed by atoms with van der Waals surface area (Å²) >= 11 is 1.73. The van der Waals surface area contributed by atoms with E-state index in [-0.39, 0.29) is 11.9 Å².